The molecule has 3 heterocycles. The Kier molecular flexibility index (Phi) is 6.30. The van der Waals surface area contributed by atoms with Gasteiger partial charge in [0.15, 0.2) is 0 Å². The van der Waals surface area contributed by atoms with Crippen LogP contribution in [0.1, 0.15) is 0 Å². The van der Waals surface area contributed by atoms with Crippen LogP contribution in [0.5, 0.6) is 0 Å². The Morgan fingerprint density at radius 2 is 0.882 bits per heavy atom. The Bertz CT molecular complexity index is 3090. The summed E-state index contributed by atoms with van der Waals surface area (Å²) < 4.78 is 7.83. The molecule has 11 rings (SSSR count). The molecule has 11 aromatic rings. The molecule has 0 atom stereocenters. The third-order valence-corrected chi connectivity index (χ3v) is 12.9. The quantitative estimate of drug-likeness (QED) is 0.161. The van der Waals surface area contributed by atoms with Crippen LogP contribution in [0, 0.1) is 0 Å². The average molecular weight is 714 g/mol. The Balaban J connectivity index is 1.17. The molecule has 0 N–H and O–H groups in total. The van der Waals surface area contributed by atoms with E-state index in [1.807, 2.05) is 0 Å². The summed E-state index contributed by atoms with van der Waals surface area (Å²) >= 11 is 0.234. The second kappa shape index (κ2) is 11.2. The van der Waals surface area contributed by atoms with Gasteiger partial charge in [-0.15, -0.1) is 0 Å². The number of hydrogen-bond acceptors (Lipinski definition) is 0. The van der Waals surface area contributed by atoms with E-state index in [4.69, 9.17) is 0 Å². The van der Waals surface area contributed by atoms with Crippen molar-refractivity contribution < 1.29 is 0 Å². The molecular weight excluding hydrogens is 684 g/mol. The fourth-order valence-electron chi connectivity index (χ4n) is 8.24. The van der Waals surface area contributed by atoms with Crippen molar-refractivity contribution in [2.45, 2.75) is 0 Å². The molecule has 8 aromatic carbocycles. The van der Waals surface area contributed by atoms with Gasteiger partial charge in [-0.25, -0.2) is 0 Å². The van der Waals surface area contributed by atoms with Crippen LogP contribution >= 0.6 is 0 Å². The molecule has 0 aliphatic carbocycles. The SMILES string of the molecule is c1ccc(-c2cccc(-c3ccc4[se]c5cccc(-n6c7ccccc7c7ccc(-n8c9ccccc9c9ccccc98)cc76)c5c4c3)c2)cc1. The van der Waals surface area contributed by atoms with Crippen LogP contribution < -0.4 is 0 Å². The number of para-hydroxylation sites is 3. The molecule has 0 aliphatic heterocycles. The maximum atomic E-state index is 2.52. The van der Waals surface area contributed by atoms with Crippen molar-refractivity contribution in [1.82, 2.24) is 9.13 Å². The zero-order chi connectivity index (χ0) is 33.5. The van der Waals surface area contributed by atoms with Gasteiger partial charge in [0.25, 0.3) is 0 Å². The summed E-state index contributed by atoms with van der Waals surface area (Å²) in [5, 5.41) is 7.81. The Morgan fingerprint density at radius 1 is 0.314 bits per heavy atom. The molecule has 238 valence electrons. The van der Waals surface area contributed by atoms with Crippen molar-refractivity contribution >= 4 is 77.4 Å². The van der Waals surface area contributed by atoms with Crippen LogP contribution in [0.2, 0.25) is 0 Å². The number of aromatic nitrogens is 2. The molecule has 0 unspecified atom stereocenters. The fraction of sp³-hybridized carbons (Fsp3) is 0. The first kappa shape index (κ1) is 28.7. The van der Waals surface area contributed by atoms with Gasteiger partial charge in [0.05, 0.1) is 0 Å². The number of hydrogen-bond donors (Lipinski definition) is 0. The third kappa shape index (κ3) is 4.36. The van der Waals surface area contributed by atoms with Crippen molar-refractivity contribution in [3.63, 3.8) is 0 Å². The van der Waals surface area contributed by atoms with E-state index in [1.54, 1.807) is 0 Å². The van der Waals surface area contributed by atoms with E-state index >= 15 is 0 Å². The first-order valence-corrected chi connectivity index (χ1v) is 19.1. The van der Waals surface area contributed by atoms with Crippen LogP contribution in [-0.2, 0) is 0 Å². The van der Waals surface area contributed by atoms with Crippen LogP contribution in [0.15, 0.2) is 182 Å². The fourth-order valence-corrected chi connectivity index (χ4v) is 10.6. The molecule has 2 nitrogen and oxygen atoms in total. The molecule has 51 heavy (non-hydrogen) atoms. The predicted octanol–water partition coefficient (Wildman–Crippen LogP) is 12.6. The van der Waals surface area contributed by atoms with E-state index in [0.717, 1.165) is 0 Å². The summed E-state index contributed by atoms with van der Waals surface area (Å²) in [5.74, 6) is 0. The zero-order valence-corrected chi connectivity index (χ0v) is 29.3. The summed E-state index contributed by atoms with van der Waals surface area (Å²) in [6.45, 7) is 0. The van der Waals surface area contributed by atoms with Crippen LogP contribution in [0.4, 0.5) is 0 Å². The summed E-state index contributed by atoms with van der Waals surface area (Å²) in [6.07, 6.45) is 0. The van der Waals surface area contributed by atoms with E-state index in [-0.39, 0.29) is 14.5 Å². The van der Waals surface area contributed by atoms with Gasteiger partial charge in [-0.2, -0.15) is 0 Å². The number of rotatable bonds is 4. The van der Waals surface area contributed by atoms with Gasteiger partial charge in [0.1, 0.15) is 0 Å². The van der Waals surface area contributed by atoms with Gasteiger partial charge in [-0.05, 0) is 0 Å². The first-order chi connectivity index (χ1) is 25.3. The molecule has 0 spiro atoms. The number of fused-ring (bicyclic) bond motifs is 9. The molecule has 0 radical (unpaired) electrons. The molecule has 3 heteroatoms. The number of benzene rings is 8. The van der Waals surface area contributed by atoms with Gasteiger partial charge >= 0.3 is 302 Å². The molecule has 0 amide bonds. The molecular formula is C48H30N2Se. The Labute approximate surface area is 300 Å². The van der Waals surface area contributed by atoms with E-state index in [2.05, 4.69) is 191 Å². The van der Waals surface area contributed by atoms with E-state index in [0.29, 0.717) is 0 Å². The van der Waals surface area contributed by atoms with E-state index < -0.39 is 0 Å². The van der Waals surface area contributed by atoms with Crippen LogP contribution in [0.25, 0.3) is 96.5 Å². The maximum absolute atomic E-state index is 2.52. The average Bonchev–Trinajstić information content (AvgIpc) is 3.85. The minimum atomic E-state index is 0.234. The first-order valence-electron chi connectivity index (χ1n) is 17.4. The van der Waals surface area contributed by atoms with Gasteiger partial charge in [-0.3, -0.25) is 0 Å². The van der Waals surface area contributed by atoms with Crippen LogP contribution in [0.3, 0.4) is 0 Å². The number of nitrogens with zero attached hydrogens (tertiary/aromatic N) is 2. The van der Waals surface area contributed by atoms with Crippen molar-refractivity contribution in [3.05, 3.63) is 182 Å². The molecule has 0 fully saturated rings. The topological polar surface area (TPSA) is 9.86 Å². The van der Waals surface area contributed by atoms with Crippen molar-refractivity contribution in [3.8, 4) is 33.6 Å². The Hall–Kier alpha value is -6.12. The monoisotopic (exact) mass is 714 g/mol. The normalized spacial score (nSPS) is 11.9. The molecule has 0 bridgehead atoms. The van der Waals surface area contributed by atoms with Crippen molar-refractivity contribution in [2.75, 3.05) is 0 Å². The van der Waals surface area contributed by atoms with Crippen LogP contribution in [-0.4, -0.2) is 23.6 Å². The van der Waals surface area contributed by atoms with Gasteiger partial charge in [0.2, 0.25) is 0 Å². The van der Waals surface area contributed by atoms with E-state index in [1.165, 1.54) is 96.5 Å². The summed E-state index contributed by atoms with van der Waals surface area (Å²) in [5.41, 5.74) is 12.3. The second-order valence-corrected chi connectivity index (χ2v) is 15.6. The van der Waals surface area contributed by atoms with Gasteiger partial charge in [-0.1, -0.05) is 0 Å². The Morgan fingerprint density at radius 3 is 1.61 bits per heavy atom. The van der Waals surface area contributed by atoms with Crippen molar-refractivity contribution in [1.29, 1.82) is 0 Å². The van der Waals surface area contributed by atoms with Crippen molar-refractivity contribution in [2.24, 2.45) is 0 Å². The standard InChI is InChI=1S/C48H30N2Se/c1-2-12-31(13-3-1)32-14-10-15-33(28-32)34-24-27-46-40(29-34)48-44(22-11-23-47(48)51-46)50-43-21-9-6-18-38(43)39-26-25-35(30-45(39)50)49-41-19-7-4-16-36(41)37-17-5-8-20-42(37)49/h1-30H. The summed E-state index contributed by atoms with van der Waals surface area (Å²) in [6, 6.07) is 67.1. The minimum absolute atomic E-state index is 0.234. The summed E-state index contributed by atoms with van der Waals surface area (Å²) in [7, 11) is 0. The predicted molar refractivity (Wildman–Crippen MR) is 218 cm³/mol. The van der Waals surface area contributed by atoms with Gasteiger partial charge in [0, 0.05) is 0 Å². The molecule has 0 saturated heterocycles. The third-order valence-electron chi connectivity index (χ3n) is 10.5. The second-order valence-electron chi connectivity index (χ2n) is 13.3. The molecule has 0 saturated carbocycles. The molecule has 3 aromatic heterocycles. The summed E-state index contributed by atoms with van der Waals surface area (Å²) in [4.78, 5) is 0. The van der Waals surface area contributed by atoms with Gasteiger partial charge < -0.3 is 0 Å². The van der Waals surface area contributed by atoms with E-state index in [9.17, 15) is 0 Å². The molecule has 0 aliphatic rings. The zero-order valence-electron chi connectivity index (χ0n) is 27.6.